The van der Waals surface area contributed by atoms with Crippen molar-refractivity contribution in [2.45, 2.75) is 13.0 Å². The lowest BCUT2D eigenvalue weighted by atomic mass is 10.1. The third-order valence-electron chi connectivity index (χ3n) is 2.52. The minimum atomic E-state index is -0.659. The molecular formula is C14H19NO3. The molecule has 0 aliphatic rings. The second kappa shape index (κ2) is 7.59. The molecule has 1 atom stereocenters. The summed E-state index contributed by atoms with van der Waals surface area (Å²) in [5.74, 6) is 7.00. The van der Waals surface area contributed by atoms with Crippen molar-refractivity contribution in [3.8, 4) is 23.3 Å². The smallest absolute Gasteiger partial charge is 0.124 e. The van der Waals surface area contributed by atoms with Crippen LogP contribution in [0.15, 0.2) is 18.2 Å². The monoisotopic (exact) mass is 249 g/mol. The van der Waals surface area contributed by atoms with Gasteiger partial charge in [-0.15, -0.1) is 5.92 Å². The summed E-state index contributed by atoms with van der Waals surface area (Å²) in [6.07, 6.45) is -0.659. The Balaban J connectivity index is 2.74. The zero-order chi connectivity index (χ0) is 13.4. The van der Waals surface area contributed by atoms with E-state index in [0.717, 1.165) is 0 Å². The summed E-state index contributed by atoms with van der Waals surface area (Å²) in [5, 5.41) is 13.2. The molecule has 0 saturated heterocycles. The highest BCUT2D eigenvalue weighted by molar-refractivity contribution is 5.41. The normalized spacial score (nSPS) is 11.3. The molecule has 1 rings (SSSR count). The number of aliphatic hydroxyl groups is 1. The number of nitrogens with one attached hydrogen (secondary N) is 1. The fourth-order valence-corrected chi connectivity index (χ4v) is 1.57. The van der Waals surface area contributed by atoms with Crippen LogP contribution < -0.4 is 14.8 Å². The van der Waals surface area contributed by atoms with Crippen LogP contribution in [0.25, 0.3) is 0 Å². The second-order valence-electron chi connectivity index (χ2n) is 3.68. The molecule has 0 amide bonds. The van der Waals surface area contributed by atoms with Crippen LogP contribution in [-0.4, -0.2) is 32.4 Å². The molecule has 1 aromatic carbocycles. The topological polar surface area (TPSA) is 50.7 Å². The number of aliphatic hydroxyl groups excluding tert-OH is 1. The van der Waals surface area contributed by atoms with E-state index in [9.17, 15) is 5.11 Å². The van der Waals surface area contributed by atoms with E-state index in [-0.39, 0.29) is 0 Å². The predicted molar refractivity (Wildman–Crippen MR) is 70.8 cm³/mol. The third kappa shape index (κ3) is 3.95. The number of benzene rings is 1. The summed E-state index contributed by atoms with van der Waals surface area (Å²) in [7, 11) is 3.17. The maximum atomic E-state index is 10.1. The van der Waals surface area contributed by atoms with Gasteiger partial charge < -0.3 is 19.9 Å². The highest BCUT2D eigenvalue weighted by atomic mass is 16.5. The molecule has 0 aliphatic carbocycles. The van der Waals surface area contributed by atoms with Crippen molar-refractivity contribution < 1.29 is 14.6 Å². The van der Waals surface area contributed by atoms with Crippen molar-refractivity contribution >= 4 is 0 Å². The second-order valence-corrected chi connectivity index (χ2v) is 3.68. The molecule has 98 valence electrons. The largest absolute Gasteiger partial charge is 0.497 e. The summed E-state index contributed by atoms with van der Waals surface area (Å²) in [5.41, 5.74) is 0.703. The van der Waals surface area contributed by atoms with Crippen LogP contribution >= 0.6 is 0 Å². The summed E-state index contributed by atoms with van der Waals surface area (Å²) in [6, 6.07) is 5.35. The van der Waals surface area contributed by atoms with Crippen LogP contribution in [0.5, 0.6) is 11.5 Å². The van der Waals surface area contributed by atoms with Crippen molar-refractivity contribution in [2.75, 3.05) is 27.3 Å². The number of rotatable bonds is 6. The average Bonchev–Trinajstić information content (AvgIpc) is 2.42. The van der Waals surface area contributed by atoms with Crippen LogP contribution in [0.4, 0.5) is 0 Å². The Hall–Kier alpha value is -1.70. The van der Waals surface area contributed by atoms with E-state index in [2.05, 4.69) is 17.2 Å². The fraction of sp³-hybridized carbons (Fsp3) is 0.429. The van der Waals surface area contributed by atoms with E-state index < -0.39 is 6.10 Å². The fourth-order valence-electron chi connectivity index (χ4n) is 1.57. The van der Waals surface area contributed by atoms with Gasteiger partial charge in [-0.2, -0.15) is 0 Å². The van der Waals surface area contributed by atoms with Gasteiger partial charge in [0, 0.05) is 12.1 Å². The van der Waals surface area contributed by atoms with Crippen molar-refractivity contribution in [2.24, 2.45) is 0 Å². The highest BCUT2D eigenvalue weighted by Gasteiger charge is 2.13. The van der Waals surface area contributed by atoms with Gasteiger partial charge in [0.1, 0.15) is 11.5 Å². The highest BCUT2D eigenvalue weighted by Crippen LogP contribution is 2.28. The molecule has 0 bridgehead atoms. The van der Waals surface area contributed by atoms with Gasteiger partial charge in [0.05, 0.1) is 26.9 Å². The Labute approximate surface area is 108 Å². The van der Waals surface area contributed by atoms with E-state index in [1.54, 1.807) is 39.3 Å². The van der Waals surface area contributed by atoms with E-state index in [1.807, 2.05) is 0 Å². The zero-order valence-electron chi connectivity index (χ0n) is 11.0. The molecule has 2 N–H and O–H groups in total. The SMILES string of the molecule is CC#CCNCC(O)c1cc(OC)ccc1OC. The van der Waals surface area contributed by atoms with Crippen LogP contribution in [0.2, 0.25) is 0 Å². The molecular weight excluding hydrogens is 230 g/mol. The number of ether oxygens (including phenoxy) is 2. The van der Waals surface area contributed by atoms with Crippen LogP contribution in [-0.2, 0) is 0 Å². The molecule has 0 aliphatic heterocycles. The minimum absolute atomic E-state index is 0.415. The molecule has 1 unspecified atom stereocenters. The Morgan fingerprint density at radius 2 is 2.11 bits per heavy atom. The van der Waals surface area contributed by atoms with Gasteiger partial charge in [0.25, 0.3) is 0 Å². The molecule has 0 fully saturated rings. The number of hydrogen-bond donors (Lipinski definition) is 2. The lowest BCUT2D eigenvalue weighted by Gasteiger charge is -2.16. The molecule has 1 aromatic rings. The van der Waals surface area contributed by atoms with Crippen LogP contribution in [0.1, 0.15) is 18.6 Å². The molecule has 4 heteroatoms. The van der Waals surface area contributed by atoms with Crippen molar-refractivity contribution in [3.05, 3.63) is 23.8 Å². The number of hydrogen-bond acceptors (Lipinski definition) is 4. The van der Waals surface area contributed by atoms with Crippen molar-refractivity contribution in [1.82, 2.24) is 5.32 Å². The predicted octanol–water partition coefficient (Wildman–Crippen LogP) is 1.35. The Kier molecular flexibility index (Phi) is 6.06. The van der Waals surface area contributed by atoms with E-state index in [4.69, 9.17) is 9.47 Å². The van der Waals surface area contributed by atoms with Gasteiger partial charge in [-0.25, -0.2) is 0 Å². The van der Waals surface area contributed by atoms with Gasteiger partial charge in [-0.1, -0.05) is 5.92 Å². The summed E-state index contributed by atoms with van der Waals surface area (Å²) in [4.78, 5) is 0. The van der Waals surface area contributed by atoms with Gasteiger partial charge in [0.15, 0.2) is 0 Å². The van der Waals surface area contributed by atoms with Gasteiger partial charge in [0.2, 0.25) is 0 Å². The average molecular weight is 249 g/mol. The molecule has 0 heterocycles. The Morgan fingerprint density at radius 1 is 1.33 bits per heavy atom. The molecule has 18 heavy (non-hydrogen) atoms. The molecule has 0 radical (unpaired) electrons. The summed E-state index contributed by atoms with van der Waals surface area (Å²) < 4.78 is 10.4. The minimum Gasteiger partial charge on any atom is -0.497 e. The standard InChI is InChI=1S/C14H19NO3/c1-4-5-8-15-10-13(16)12-9-11(17-2)6-7-14(12)18-3/h6-7,9,13,15-16H,8,10H2,1-3H3. The van der Waals surface area contributed by atoms with Gasteiger partial charge >= 0.3 is 0 Å². The molecule has 0 saturated carbocycles. The molecule has 0 aromatic heterocycles. The number of methoxy groups -OCH3 is 2. The van der Waals surface area contributed by atoms with Gasteiger partial charge in [-0.05, 0) is 25.1 Å². The Morgan fingerprint density at radius 3 is 2.72 bits per heavy atom. The Bertz CT molecular complexity index is 434. The van der Waals surface area contributed by atoms with Crippen LogP contribution in [0.3, 0.4) is 0 Å². The molecule has 4 nitrogen and oxygen atoms in total. The van der Waals surface area contributed by atoms with E-state index in [1.165, 1.54) is 0 Å². The lowest BCUT2D eigenvalue weighted by Crippen LogP contribution is -2.22. The quantitative estimate of drug-likeness (QED) is 0.590. The maximum Gasteiger partial charge on any atom is 0.124 e. The van der Waals surface area contributed by atoms with Gasteiger partial charge in [-0.3, -0.25) is 0 Å². The first kappa shape index (κ1) is 14.4. The van der Waals surface area contributed by atoms with E-state index >= 15 is 0 Å². The summed E-state index contributed by atoms with van der Waals surface area (Å²) >= 11 is 0. The first-order valence-corrected chi connectivity index (χ1v) is 5.73. The first-order chi connectivity index (χ1) is 8.72. The first-order valence-electron chi connectivity index (χ1n) is 5.73. The third-order valence-corrected chi connectivity index (χ3v) is 2.52. The van der Waals surface area contributed by atoms with Crippen molar-refractivity contribution in [3.63, 3.8) is 0 Å². The zero-order valence-corrected chi connectivity index (χ0v) is 11.0. The van der Waals surface area contributed by atoms with Crippen LogP contribution in [0, 0.1) is 11.8 Å². The van der Waals surface area contributed by atoms with E-state index in [0.29, 0.717) is 30.2 Å². The van der Waals surface area contributed by atoms with Crippen molar-refractivity contribution in [1.29, 1.82) is 0 Å². The molecule has 0 spiro atoms. The maximum absolute atomic E-state index is 10.1. The lowest BCUT2D eigenvalue weighted by molar-refractivity contribution is 0.172. The summed E-state index contributed by atoms with van der Waals surface area (Å²) in [6.45, 7) is 2.75.